The molecule has 0 spiro atoms. The first kappa shape index (κ1) is 16.0. The minimum atomic E-state index is -0.787. The number of hydrogen-bond donors (Lipinski definition) is 2. The van der Waals surface area contributed by atoms with Gasteiger partial charge in [0.05, 0.1) is 6.42 Å². The van der Waals surface area contributed by atoms with Gasteiger partial charge in [0.2, 0.25) is 5.91 Å². The van der Waals surface area contributed by atoms with E-state index in [0.717, 1.165) is 19.4 Å². The van der Waals surface area contributed by atoms with E-state index in [4.69, 9.17) is 5.11 Å². The number of carboxylic acid groups (broad SMARTS) is 1. The van der Waals surface area contributed by atoms with Crippen molar-refractivity contribution in [2.24, 2.45) is 0 Å². The normalized spacial score (nSPS) is 16.5. The molecule has 1 fully saturated rings. The second-order valence-electron chi connectivity index (χ2n) is 5.23. The Morgan fingerprint density at radius 1 is 1.16 bits per heavy atom. The molecular weight excluding hydrogens is 244 g/mol. The molecule has 5 nitrogen and oxygen atoms in total. The molecule has 1 rings (SSSR count). The molecule has 19 heavy (non-hydrogen) atoms. The summed E-state index contributed by atoms with van der Waals surface area (Å²) in [6.45, 7) is 3.93. The zero-order chi connectivity index (χ0) is 14.1. The van der Waals surface area contributed by atoms with Crippen molar-refractivity contribution in [2.75, 3.05) is 19.6 Å². The largest absolute Gasteiger partial charge is 0.481 e. The zero-order valence-corrected chi connectivity index (χ0v) is 11.9. The molecule has 0 bridgehead atoms. The highest BCUT2D eigenvalue weighted by molar-refractivity contribution is 5.76. The Kier molecular flexibility index (Phi) is 7.48. The second-order valence-corrected chi connectivity index (χ2v) is 5.23. The standard InChI is InChI=1S/C14H26N2O3/c1-2-16(11-9-14(18)19)10-8-13(17)15-12-6-4-3-5-7-12/h12H,2-11H2,1H3,(H,15,17)(H,18,19). The SMILES string of the molecule is CCN(CCC(=O)O)CCC(=O)NC1CCCCC1. The van der Waals surface area contributed by atoms with Crippen LogP contribution in [0.5, 0.6) is 0 Å². The molecule has 0 saturated heterocycles. The molecule has 1 saturated carbocycles. The van der Waals surface area contributed by atoms with Crippen LogP contribution in [0.3, 0.4) is 0 Å². The summed E-state index contributed by atoms with van der Waals surface area (Å²) in [5.74, 6) is -0.689. The predicted octanol–water partition coefficient (Wildman–Crippen LogP) is 1.62. The van der Waals surface area contributed by atoms with E-state index >= 15 is 0 Å². The van der Waals surface area contributed by atoms with E-state index in [1.54, 1.807) is 0 Å². The Labute approximate surface area is 115 Å². The third-order valence-corrected chi connectivity index (χ3v) is 3.71. The fraction of sp³-hybridized carbons (Fsp3) is 0.857. The number of nitrogens with one attached hydrogen (secondary N) is 1. The summed E-state index contributed by atoms with van der Waals surface area (Å²) in [7, 11) is 0. The first-order valence-electron chi connectivity index (χ1n) is 7.35. The smallest absolute Gasteiger partial charge is 0.304 e. The Hall–Kier alpha value is -1.10. The average molecular weight is 270 g/mol. The predicted molar refractivity (Wildman–Crippen MR) is 74.0 cm³/mol. The fourth-order valence-corrected chi connectivity index (χ4v) is 2.49. The van der Waals surface area contributed by atoms with E-state index in [-0.39, 0.29) is 12.3 Å². The van der Waals surface area contributed by atoms with E-state index in [1.165, 1.54) is 19.3 Å². The van der Waals surface area contributed by atoms with Crippen molar-refractivity contribution >= 4 is 11.9 Å². The van der Waals surface area contributed by atoms with Crippen LogP contribution in [0.1, 0.15) is 51.9 Å². The molecule has 1 aliphatic rings. The molecule has 0 aromatic carbocycles. The summed E-state index contributed by atoms with van der Waals surface area (Å²) in [5, 5.41) is 11.7. The van der Waals surface area contributed by atoms with Crippen molar-refractivity contribution in [3.05, 3.63) is 0 Å². The maximum Gasteiger partial charge on any atom is 0.304 e. The van der Waals surface area contributed by atoms with Crippen LogP contribution in [0, 0.1) is 0 Å². The molecule has 5 heteroatoms. The van der Waals surface area contributed by atoms with Gasteiger partial charge in [-0.1, -0.05) is 26.2 Å². The molecule has 1 aliphatic carbocycles. The first-order chi connectivity index (χ1) is 9.11. The van der Waals surface area contributed by atoms with Crippen LogP contribution < -0.4 is 5.32 Å². The quantitative estimate of drug-likeness (QED) is 0.703. The summed E-state index contributed by atoms with van der Waals surface area (Å²) in [5.41, 5.74) is 0. The lowest BCUT2D eigenvalue weighted by molar-refractivity contribution is -0.137. The molecule has 0 atom stereocenters. The Bertz CT molecular complexity index is 288. The van der Waals surface area contributed by atoms with Crippen LogP contribution in [0.25, 0.3) is 0 Å². The van der Waals surface area contributed by atoms with Crippen molar-refractivity contribution < 1.29 is 14.7 Å². The van der Waals surface area contributed by atoms with Crippen LogP contribution in [-0.2, 0) is 9.59 Å². The van der Waals surface area contributed by atoms with Crippen molar-refractivity contribution in [3.63, 3.8) is 0 Å². The summed E-state index contributed by atoms with van der Waals surface area (Å²) in [6, 6.07) is 0.357. The Balaban J connectivity index is 2.17. The molecule has 1 amide bonds. The highest BCUT2D eigenvalue weighted by atomic mass is 16.4. The number of nitrogens with zero attached hydrogens (tertiary/aromatic N) is 1. The van der Waals surface area contributed by atoms with E-state index in [1.807, 2.05) is 11.8 Å². The number of hydrogen-bond acceptors (Lipinski definition) is 3. The van der Waals surface area contributed by atoms with Gasteiger partial charge in [0.25, 0.3) is 0 Å². The monoisotopic (exact) mass is 270 g/mol. The van der Waals surface area contributed by atoms with Crippen molar-refractivity contribution in [1.82, 2.24) is 10.2 Å². The van der Waals surface area contributed by atoms with Gasteiger partial charge in [-0.15, -0.1) is 0 Å². The Morgan fingerprint density at radius 2 is 1.79 bits per heavy atom. The lowest BCUT2D eigenvalue weighted by atomic mass is 9.95. The molecule has 110 valence electrons. The summed E-state index contributed by atoms with van der Waals surface area (Å²) in [6.07, 6.45) is 6.51. The minimum absolute atomic E-state index is 0.0978. The fourth-order valence-electron chi connectivity index (χ4n) is 2.49. The molecule has 0 radical (unpaired) electrons. The number of amides is 1. The maximum absolute atomic E-state index is 11.8. The highest BCUT2D eigenvalue weighted by Crippen LogP contribution is 2.17. The molecule has 0 aromatic rings. The lowest BCUT2D eigenvalue weighted by Gasteiger charge is -2.24. The van der Waals surface area contributed by atoms with Crippen molar-refractivity contribution in [1.29, 1.82) is 0 Å². The van der Waals surface area contributed by atoms with Gasteiger partial charge in [-0.3, -0.25) is 9.59 Å². The van der Waals surface area contributed by atoms with Crippen LogP contribution in [0.2, 0.25) is 0 Å². The maximum atomic E-state index is 11.8. The lowest BCUT2D eigenvalue weighted by Crippen LogP contribution is -2.38. The van der Waals surface area contributed by atoms with Crippen LogP contribution in [-0.4, -0.2) is 47.6 Å². The molecule has 0 aromatic heterocycles. The number of carbonyl (C=O) groups is 2. The third kappa shape index (κ3) is 7.15. The average Bonchev–Trinajstić information content (AvgIpc) is 2.39. The molecular formula is C14H26N2O3. The van der Waals surface area contributed by atoms with Gasteiger partial charge >= 0.3 is 5.97 Å². The van der Waals surface area contributed by atoms with Gasteiger partial charge in [0.1, 0.15) is 0 Å². The number of aliphatic carboxylic acids is 1. The summed E-state index contributed by atoms with van der Waals surface area (Å²) in [4.78, 5) is 24.3. The van der Waals surface area contributed by atoms with Crippen LogP contribution >= 0.6 is 0 Å². The Morgan fingerprint density at radius 3 is 2.37 bits per heavy atom. The van der Waals surface area contributed by atoms with Gasteiger partial charge in [-0.25, -0.2) is 0 Å². The molecule has 0 heterocycles. The highest BCUT2D eigenvalue weighted by Gasteiger charge is 2.16. The van der Waals surface area contributed by atoms with Gasteiger partial charge in [0, 0.05) is 25.6 Å². The van der Waals surface area contributed by atoms with Crippen molar-refractivity contribution in [2.45, 2.75) is 57.9 Å². The van der Waals surface area contributed by atoms with Crippen LogP contribution in [0.15, 0.2) is 0 Å². The van der Waals surface area contributed by atoms with Crippen LogP contribution in [0.4, 0.5) is 0 Å². The van der Waals surface area contributed by atoms with Crippen molar-refractivity contribution in [3.8, 4) is 0 Å². The van der Waals surface area contributed by atoms with Gasteiger partial charge in [-0.2, -0.15) is 0 Å². The number of carbonyl (C=O) groups excluding carboxylic acids is 1. The topological polar surface area (TPSA) is 69.6 Å². The zero-order valence-electron chi connectivity index (χ0n) is 11.9. The summed E-state index contributed by atoms with van der Waals surface area (Å²) < 4.78 is 0. The molecule has 0 unspecified atom stereocenters. The van der Waals surface area contributed by atoms with E-state index < -0.39 is 5.97 Å². The second kappa shape index (κ2) is 8.91. The number of carboxylic acids is 1. The van der Waals surface area contributed by atoms with Gasteiger partial charge in [0.15, 0.2) is 0 Å². The third-order valence-electron chi connectivity index (χ3n) is 3.71. The van der Waals surface area contributed by atoms with Gasteiger partial charge < -0.3 is 15.3 Å². The molecule has 2 N–H and O–H groups in total. The molecule has 0 aliphatic heterocycles. The summed E-state index contributed by atoms with van der Waals surface area (Å²) >= 11 is 0. The number of rotatable bonds is 8. The van der Waals surface area contributed by atoms with E-state index in [2.05, 4.69) is 5.32 Å². The van der Waals surface area contributed by atoms with E-state index in [9.17, 15) is 9.59 Å². The van der Waals surface area contributed by atoms with Gasteiger partial charge in [-0.05, 0) is 19.4 Å². The van der Waals surface area contributed by atoms with E-state index in [0.29, 0.717) is 25.6 Å². The minimum Gasteiger partial charge on any atom is -0.481 e. The first-order valence-corrected chi connectivity index (χ1v) is 7.35.